The smallest absolute Gasteiger partial charge is 0.417 e. The van der Waals surface area contributed by atoms with Gasteiger partial charge in [0.1, 0.15) is 0 Å². The van der Waals surface area contributed by atoms with E-state index in [4.69, 9.17) is 18.1 Å². The summed E-state index contributed by atoms with van der Waals surface area (Å²) in [6.07, 6.45) is 6.20. The summed E-state index contributed by atoms with van der Waals surface area (Å²) >= 11 is 0. The lowest BCUT2D eigenvalue weighted by Gasteiger charge is -2.42. The number of unbranched alkanes of at least 4 members (excludes halogenated alkanes) is 1. The van der Waals surface area contributed by atoms with Gasteiger partial charge in [-0.1, -0.05) is 12.2 Å². The van der Waals surface area contributed by atoms with Gasteiger partial charge >= 0.3 is 8.80 Å². The molecule has 0 aromatic carbocycles. The maximum Gasteiger partial charge on any atom is 0.469 e. The molecule has 0 aliphatic rings. The number of hydrogen-bond donors (Lipinski definition) is 1. The molecule has 0 saturated heterocycles. The van der Waals surface area contributed by atoms with Crippen LogP contribution in [-0.4, -0.2) is 40.3 Å². The van der Waals surface area contributed by atoms with Crippen LogP contribution in [0.15, 0.2) is 12.2 Å². The minimum atomic E-state index is -2.64. The zero-order valence-corrected chi connectivity index (χ0v) is 20.8. The Hall–Kier alpha value is 0.448. The first-order chi connectivity index (χ1) is 10.2. The standard InChI is InChI=1S/C15H39NO3Si4/c1-20(2,3)17-23(18-21(4,5)6,19-22(7,8)9)15-13-11-10-12-14-16/h10,12H,11,13-16H2,1-9H3. The minimum absolute atomic E-state index is 0.602. The van der Waals surface area contributed by atoms with Gasteiger partial charge in [-0.2, -0.15) is 0 Å². The fraction of sp³-hybridized carbons (Fsp3) is 0.867. The van der Waals surface area contributed by atoms with Crippen molar-refractivity contribution in [1.82, 2.24) is 0 Å². The summed E-state index contributed by atoms with van der Waals surface area (Å²) in [5.74, 6) is 0. The second-order valence-corrected chi connectivity index (χ2v) is 25.9. The molecule has 0 amide bonds. The van der Waals surface area contributed by atoms with Crippen molar-refractivity contribution in [2.24, 2.45) is 5.73 Å². The van der Waals surface area contributed by atoms with Crippen molar-refractivity contribution < 1.29 is 12.3 Å². The molecule has 0 bridgehead atoms. The van der Waals surface area contributed by atoms with Gasteiger partial charge in [-0.25, -0.2) is 0 Å². The molecular weight excluding hydrogens is 355 g/mol. The van der Waals surface area contributed by atoms with Gasteiger partial charge in [0.05, 0.1) is 0 Å². The lowest BCUT2D eigenvalue weighted by Crippen LogP contribution is -2.60. The molecule has 0 atom stereocenters. The molecule has 0 aliphatic heterocycles. The Kier molecular flexibility index (Phi) is 9.41. The van der Waals surface area contributed by atoms with Crippen LogP contribution in [0, 0.1) is 0 Å². The molecule has 8 heteroatoms. The molecule has 0 unspecified atom stereocenters. The highest BCUT2D eigenvalue weighted by Gasteiger charge is 2.49. The van der Waals surface area contributed by atoms with E-state index in [1.54, 1.807) is 0 Å². The van der Waals surface area contributed by atoms with E-state index in [2.05, 4.69) is 65.0 Å². The van der Waals surface area contributed by atoms with Crippen LogP contribution in [-0.2, 0) is 12.3 Å². The highest BCUT2D eigenvalue weighted by Crippen LogP contribution is 2.30. The maximum absolute atomic E-state index is 6.64. The molecule has 0 aromatic heterocycles. The van der Waals surface area contributed by atoms with E-state index >= 15 is 0 Å². The average molecular weight is 394 g/mol. The molecule has 0 rings (SSSR count). The Balaban J connectivity index is 5.32. The maximum atomic E-state index is 6.64. The highest BCUT2D eigenvalue weighted by atomic mass is 28.5. The van der Waals surface area contributed by atoms with Crippen molar-refractivity contribution in [3.63, 3.8) is 0 Å². The fourth-order valence-electron chi connectivity index (χ4n) is 2.27. The van der Waals surface area contributed by atoms with Crippen molar-refractivity contribution in [1.29, 1.82) is 0 Å². The third kappa shape index (κ3) is 13.4. The van der Waals surface area contributed by atoms with E-state index in [9.17, 15) is 0 Å². The van der Waals surface area contributed by atoms with Crippen molar-refractivity contribution in [3.05, 3.63) is 12.2 Å². The monoisotopic (exact) mass is 393 g/mol. The molecule has 4 nitrogen and oxygen atoms in total. The minimum Gasteiger partial charge on any atom is -0.417 e. The Morgan fingerprint density at radius 2 is 1.09 bits per heavy atom. The van der Waals surface area contributed by atoms with Crippen LogP contribution in [0.2, 0.25) is 65.0 Å². The van der Waals surface area contributed by atoms with Gasteiger partial charge in [0.25, 0.3) is 0 Å². The first kappa shape index (κ1) is 23.4. The third-order valence-corrected chi connectivity index (χ3v) is 14.6. The van der Waals surface area contributed by atoms with Crippen LogP contribution < -0.4 is 5.73 Å². The fourth-order valence-corrected chi connectivity index (χ4v) is 16.9. The summed E-state index contributed by atoms with van der Waals surface area (Å²) in [4.78, 5) is 0. The van der Waals surface area contributed by atoms with Crippen LogP contribution in [0.5, 0.6) is 0 Å². The van der Waals surface area contributed by atoms with E-state index in [0.29, 0.717) is 6.54 Å². The molecule has 0 fully saturated rings. The van der Waals surface area contributed by atoms with E-state index in [-0.39, 0.29) is 0 Å². The van der Waals surface area contributed by atoms with Gasteiger partial charge in [-0.15, -0.1) is 0 Å². The van der Waals surface area contributed by atoms with Crippen molar-refractivity contribution in [2.45, 2.75) is 77.8 Å². The predicted molar refractivity (Wildman–Crippen MR) is 111 cm³/mol. The van der Waals surface area contributed by atoms with E-state index < -0.39 is 33.8 Å². The second-order valence-electron chi connectivity index (χ2n) is 8.93. The van der Waals surface area contributed by atoms with E-state index in [1.807, 2.05) is 6.08 Å². The lowest BCUT2D eigenvalue weighted by atomic mass is 10.3. The van der Waals surface area contributed by atoms with E-state index in [1.165, 1.54) is 0 Å². The predicted octanol–water partition coefficient (Wildman–Crippen LogP) is 4.77. The van der Waals surface area contributed by atoms with Crippen LogP contribution in [0.4, 0.5) is 0 Å². The molecule has 0 radical (unpaired) electrons. The highest BCUT2D eigenvalue weighted by molar-refractivity contribution is 6.90. The number of allylic oxidation sites excluding steroid dienone is 1. The van der Waals surface area contributed by atoms with Gasteiger partial charge in [-0.05, 0) is 71.8 Å². The lowest BCUT2D eigenvalue weighted by molar-refractivity contribution is 0.250. The van der Waals surface area contributed by atoms with Gasteiger partial charge < -0.3 is 18.1 Å². The molecule has 138 valence electrons. The van der Waals surface area contributed by atoms with E-state index in [0.717, 1.165) is 18.9 Å². The van der Waals surface area contributed by atoms with Crippen LogP contribution in [0.1, 0.15) is 12.8 Å². The summed E-state index contributed by atoms with van der Waals surface area (Å²) in [5, 5.41) is 0. The zero-order chi connectivity index (χ0) is 18.4. The van der Waals surface area contributed by atoms with Crippen molar-refractivity contribution in [3.8, 4) is 0 Å². The molecular formula is C15H39NO3Si4. The summed E-state index contributed by atoms with van der Waals surface area (Å²) < 4.78 is 19.9. The molecule has 2 N–H and O–H groups in total. The topological polar surface area (TPSA) is 53.7 Å². The quantitative estimate of drug-likeness (QED) is 0.312. The molecule has 0 heterocycles. The molecule has 0 aliphatic carbocycles. The first-order valence-corrected chi connectivity index (χ1v) is 20.8. The zero-order valence-electron chi connectivity index (χ0n) is 16.8. The van der Waals surface area contributed by atoms with Crippen LogP contribution >= 0.6 is 0 Å². The summed E-state index contributed by atoms with van der Waals surface area (Å²) in [6.45, 7) is 20.6. The van der Waals surface area contributed by atoms with Crippen molar-refractivity contribution >= 4 is 33.8 Å². The third-order valence-electron chi connectivity index (χ3n) is 2.54. The van der Waals surface area contributed by atoms with Crippen molar-refractivity contribution in [2.75, 3.05) is 6.54 Å². The number of rotatable bonds is 11. The molecule has 23 heavy (non-hydrogen) atoms. The summed E-state index contributed by atoms with van der Waals surface area (Å²) in [6, 6.07) is 0.903. The summed E-state index contributed by atoms with van der Waals surface area (Å²) in [7, 11) is -7.89. The first-order valence-electron chi connectivity index (χ1n) is 8.64. The molecule has 0 saturated carbocycles. The normalized spacial score (nSPS) is 14.7. The number of nitrogens with two attached hydrogens (primary N) is 1. The Morgan fingerprint density at radius 1 is 0.696 bits per heavy atom. The van der Waals surface area contributed by atoms with Gasteiger partial charge in [0.2, 0.25) is 0 Å². The Bertz CT molecular complexity index is 330. The SMILES string of the molecule is C[Si](C)(C)O[Si](CCCC=CCN)(O[Si](C)(C)C)O[Si](C)(C)C. The van der Waals surface area contributed by atoms with Crippen LogP contribution in [0.25, 0.3) is 0 Å². The largest absolute Gasteiger partial charge is 0.469 e. The average Bonchev–Trinajstić information content (AvgIpc) is 2.20. The Labute approximate surface area is 148 Å². The van der Waals surface area contributed by atoms with Gasteiger partial charge in [0.15, 0.2) is 25.0 Å². The van der Waals surface area contributed by atoms with Crippen LogP contribution in [0.3, 0.4) is 0 Å². The summed E-state index contributed by atoms with van der Waals surface area (Å²) in [5.41, 5.74) is 5.51. The number of hydrogen-bond acceptors (Lipinski definition) is 4. The second kappa shape index (κ2) is 9.23. The molecule has 0 aromatic rings. The Morgan fingerprint density at radius 3 is 1.39 bits per heavy atom. The van der Waals surface area contributed by atoms with Gasteiger partial charge in [-0.3, -0.25) is 0 Å². The van der Waals surface area contributed by atoms with Gasteiger partial charge in [0, 0.05) is 12.6 Å². The molecule has 0 spiro atoms.